The standard InChI is InChI=1S/C18H24N4O3/c1-4-25-17(23)14-6-8-15(9-7-14)21-18-20-13(2)12-16(22-18)19-10-5-11-24-3/h6-9,12H,4-5,10-11H2,1-3H3,(H2,19,20,21,22). The molecule has 0 aliphatic carbocycles. The Labute approximate surface area is 147 Å². The summed E-state index contributed by atoms with van der Waals surface area (Å²) >= 11 is 0. The molecule has 0 atom stereocenters. The first kappa shape index (κ1) is 18.7. The lowest BCUT2D eigenvalue weighted by Gasteiger charge is -2.10. The first-order chi connectivity index (χ1) is 12.1. The molecule has 0 amide bonds. The van der Waals surface area contributed by atoms with Gasteiger partial charge in [-0.05, 0) is 44.5 Å². The van der Waals surface area contributed by atoms with Gasteiger partial charge < -0.3 is 20.1 Å². The van der Waals surface area contributed by atoms with E-state index in [1.165, 1.54) is 0 Å². The van der Waals surface area contributed by atoms with Crippen molar-refractivity contribution in [3.8, 4) is 0 Å². The summed E-state index contributed by atoms with van der Waals surface area (Å²) in [7, 11) is 1.68. The Hall–Kier alpha value is -2.67. The lowest BCUT2D eigenvalue weighted by Crippen LogP contribution is -2.08. The summed E-state index contributed by atoms with van der Waals surface area (Å²) in [5.74, 6) is 0.927. The van der Waals surface area contributed by atoms with Gasteiger partial charge in [-0.15, -0.1) is 0 Å². The molecule has 25 heavy (non-hydrogen) atoms. The summed E-state index contributed by atoms with van der Waals surface area (Å²) < 4.78 is 10.0. The number of nitrogens with one attached hydrogen (secondary N) is 2. The average Bonchev–Trinajstić information content (AvgIpc) is 2.59. The van der Waals surface area contributed by atoms with E-state index < -0.39 is 0 Å². The second-order valence-corrected chi connectivity index (χ2v) is 5.41. The molecule has 7 nitrogen and oxygen atoms in total. The van der Waals surface area contributed by atoms with E-state index >= 15 is 0 Å². The van der Waals surface area contributed by atoms with Crippen molar-refractivity contribution < 1.29 is 14.3 Å². The summed E-state index contributed by atoms with van der Waals surface area (Å²) in [5.41, 5.74) is 2.16. The zero-order chi connectivity index (χ0) is 18.1. The van der Waals surface area contributed by atoms with E-state index in [1.54, 1.807) is 38.3 Å². The van der Waals surface area contributed by atoms with Gasteiger partial charge in [-0.3, -0.25) is 0 Å². The molecule has 0 spiro atoms. The first-order valence-corrected chi connectivity index (χ1v) is 8.25. The van der Waals surface area contributed by atoms with Crippen LogP contribution in [0.4, 0.5) is 17.5 Å². The van der Waals surface area contributed by atoms with Crippen LogP contribution < -0.4 is 10.6 Å². The summed E-state index contributed by atoms with van der Waals surface area (Å²) in [6, 6.07) is 8.90. The predicted molar refractivity (Wildman–Crippen MR) is 97.4 cm³/mol. The molecule has 1 heterocycles. The molecule has 0 saturated heterocycles. The Balaban J connectivity index is 2.01. The monoisotopic (exact) mass is 344 g/mol. The molecule has 134 valence electrons. The van der Waals surface area contributed by atoms with Crippen LogP contribution in [0.3, 0.4) is 0 Å². The molecule has 7 heteroatoms. The van der Waals surface area contributed by atoms with Gasteiger partial charge in [0.1, 0.15) is 5.82 Å². The number of esters is 1. The number of carbonyl (C=O) groups excluding carboxylic acids is 1. The average molecular weight is 344 g/mol. The van der Waals surface area contributed by atoms with Crippen molar-refractivity contribution in [3.05, 3.63) is 41.6 Å². The minimum Gasteiger partial charge on any atom is -0.462 e. The minimum absolute atomic E-state index is 0.330. The number of rotatable bonds is 9. The van der Waals surface area contributed by atoms with Gasteiger partial charge in [-0.2, -0.15) is 4.98 Å². The highest BCUT2D eigenvalue weighted by atomic mass is 16.5. The largest absolute Gasteiger partial charge is 0.462 e. The van der Waals surface area contributed by atoms with E-state index in [1.807, 2.05) is 13.0 Å². The normalized spacial score (nSPS) is 10.4. The fourth-order valence-corrected chi connectivity index (χ4v) is 2.18. The molecule has 0 bridgehead atoms. The SMILES string of the molecule is CCOC(=O)c1ccc(Nc2nc(C)cc(NCCCOC)n2)cc1. The summed E-state index contributed by atoms with van der Waals surface area (Å²) in [6.07, 6.45) is 0.900. The molecule has 2 aromatic rings. The van der Waals surface area contributed by atoms with Crippen LogP contribution in [-0.2, 0) is 9.47 Å². The fourth-order valence-electron chi connectivity index (χ4n) is 2.18. The number of carbonyl (C=O) groups is 1. The molecular formula is C18H24N4O3. The highest BCUT2D eigenvalue weighted by Gasteiger charge is 2.07. The molecule has 0 fully saturated rings. The van der Waals surface area contributed by atoms with Crippen molar-refractivity contribution in [1.29, 1.82) is 0 Å². The maximum absolute atomic E-state index is 11.7. The van der Waals surface area contributed by atoms with E-state index in [0.717, 1.165) is 30.2 Å². The van der Waals surface area contributed by atoms with Gasteiger partial charge in [0.2, 0.25) is 5.95 Å². The quantitative estimate of drug-likeness (QED) is 0.534. The zero-order valence-electron chi connectivity index (χ0n) is 14.8. The smallest absolute Gasteiger partial charge is 0.338 e. The molecule has 1 aromatic heterocycles. The Morgan fingerprint density at radius 2 is 1.96 bits per heavy atom. The maximum atomic E-state index is 11.7. The van der Waals surface area contributed by atoms with E-state index in [2.05, 4.69) is 20.6 Å². The maximum Gasteiger partial charge on any atom is 0.338 e. The van der Waals surface area contributed by atoms with Gasteiger partial charge >= 0.3 is 5.97 Å². The molecule has 2 rings (SSSR count). The third-order valence-corrected chi connectivity index (χ3v) is 3.34. The number of hydrogen-bond donors (Lipinski definition) is 2. The summed E-state index contributed by atoms with van der Waals surface area (Å²) in [5, 5.41) is 6.40. The summed E-state index contributed by atoms with van der Waals surface area (Å²) in [6.45, 7) is 5.53. The van der Waals surface area contributed by atoms with E-state index in [4.69, 9.17) is 9.47 Å². The Morgan fingerprint density at radius 3 is 2.64 bits per heavy atom. The third kappa shape index (κ3) is 6.04. The van der Waals surface area contributed by atoms with Crippen LogP contribution >= 0.6 is 0 Å². The van der Waals surface area contributed by atoms with Crippen LogP contribution in [0.1, 0.15) is 29.4 Å². The molecule has 2 N–H and O–H groups in total. The second kappa shape index (κ2) is 9.58. The van der Waals surface area contributed by atoms with Crippen LogP contribution in [0.2, 0.25) is 0 Å². The van der Waals surface area contributed by atoms with E-state index in [0.29, 0.717) is 24.7 Å². The lowest BCUT2D eigenvalue weighted by molar-refractivity contribution is 0.0526. The number of benzene rings is 1. The highest BCUT2D eigenvalue weighted by Crippen LogP contribution is 2.17. The Morgan fingerprint density at radius 1 is 1.20 bits per heavy atom. The Kier molecular flexibility index (Phi) is 7.16. The van der Waals surface area contributed by atoms with Gasteiger partial charge in [-0.1, -0.05) is 0 Å². The van der Waals surface area contributed by atoms with Crippen molar-refractivity contribution in [3.63, 3.8) is 0 Å². The molecule has 0 saturated carbocycles. The van der Waals surface area contributed by atoms with E-state index in [-0.39, 0.29) is 5.97 Å². The topological polar surface area (TPSA) is 85.4 Å². The Bertz CT molecular complexity index is 689. The minimum atomic E-state index is -0.330. The molecule has 1 aromatic carbocycles. The van der Waals surface area contributed by atoms with Crippen LogP contribution in [-0.4, -0.2) is 42.8 Å². The number of methoxy groups -OCH3 is 1. The van der Waals surface area contributed by atoms with Crippen molar-refractivity contribution in [1.82, 2.24) is 9.97 Å². The number of aromatic nitrogens is 2. The van der Waals surface area contributed by atoms with Gasteiger partial charge in [0, 0.05) is 37.7 Å². The van der Waals surface area contributed by atoms with Crippen molar-refractivity contribution in [2.75, 3.05) is 37.5 Å². The molecule has 0 aliphatic rings. The third-order valence-electron chi connectivity index (χ3n) is 3.34. The number of nitrogens with zero attached hydrogens (tertiary/aromatic N) is 2. The lowest BCUT2D eigenvalue weighted by atomic mass is 10.2. The van der Waals surface area contributed by atoms with Gasteiger partial charge in [-0.25, -0.2) is 9.78 Å². The fraction of sp³-hybridized carbons (Fsp3) is 0.389. The molecule has 0 unspecified atom stereocenters. The van der Waals surface area contributed by atoms with Gasteiger partial charge in [0.25, 0.3) is 0 Å². The predicted octanol–water partition coefficient (Wildman–Crippen LogP) is 3.15. The summed E-state index contributed by atoms with van der Waals surface area (Å²) in [4.78, 5) is 20.5. The number of ether oxygens (including phenoxy) is 2. The van der Waals surface area contributed by atoms with Crippen LogP contribution in [0.25, 0.3) is 0 Å². The highest BCUT2D eigenvalue weighted by molar-refractivity contribution is 5.89. The van der Waals surface area contributed by atoms with Crippen molar-refractivity contribution in [2.45, 2.75) is 20.3 Å². The van der Waals surface area contributed by atoms with Crippen LogP contribution in [0.15, 0.2) is 30.3 Å². The number of anilines is 3. The van der Waals surface area contributed by atoms with Gasteiger partial charge in [0.15, 0.2) is 0 Å². The number of hydrogen-bond acceptors (Lipinski definition) is 7. The molecular weight excluding hydrogens is 320 g/mol. The molecule has 0 aliphatic heterocycles. The van der Waals surface area contributed by atoms with Gasteiger partial charge in [0.05, 0.1) is 12.2 Å². The molecule has 0 radical (unpaired) electrons. The first-order valence-electron chi connectivity index (χ1n) is 8.25. The number of aryl methyl sites for hydroxylation is 1. The van der Waals surface area contributed by atoms with E-state index in [9.17, 15) is 4.79 Å². The van der Waals surface area contributed by atoms with Crippen LogP contribution in [0, 0.1) is 6.92 Å². The second-order valence-electron chi connectivity index (χ2n) is 5.41. The van der Waals surface area contributed by atoms with Crippen molar-refractivity contribution in [2.24, 2.45) is 0 Å². The zero-order valence-corrected chi connectivity index (χ0v) is 14.8. The van der Waals surface area contributed by atoms with Crippen LogP contribution in [0.5, 0.6) is 0 Å². The van der Waals surface area contributed by atoms with Crippen molar-refractivity contribution >= 4 is 23.4 Å².